The molecule has 1 unspecified atom stereocenters. The molecule has 0 spiro atoms. The molecule has 1 N–H and O–H groups in total. The molecule has 0 aliphatic rings. The summed E-state index contributed by atoms with van der Waals surface area (Å²) >= 11 is 2.26. The molecule has 1 nitrogen and oxygen atoms in total. The standard InChI is InChI=1S/C16H16F2IN/c1-2-20-16(12-4-3-5-15(19)9-12)8-11-6-13(17)10-14(18)7-11/h3-7,9-10,16,20H,2,8H2,1H3. The Morgan fingerprint density at radius 1 is 1.10 bits per heavy atom. The van der Waals surface area contributed by atoms with Crippen molar-refractivity contribution in [1.82, 2.24) is 5.32 Å². The third-order valence-corrected chi connectivity index (χ3v) is 3.73. The van der Waals surface area contributed by atoms with Gasteiger partial charge in [-0.1, -0.05) is 19.1 Å². The molecule has 0 aliphatic heterocycles. The first kappa shape index (κ1) is 15.4. The number of nitrogens with one attached hydrogen (secondary N) is 1. The van der Waals surface area contributed by atoms with Crippen LogP contribution in [0.5, 0.6) is 0 Å². The van der Waals surface area contributed by atoms with Crippen LogP contribution in [0.1, 0.15) is 24.1 Å². The molecule has 0 bridgehead atoms. The second-order valence-corrected chi connectivity index (χ2v) is 5.89. The van der Waals surface area contributed by atoms with Gasteiger partial charge in [-0.3, -0.25) is 0 Å². The van der Waals surface area contributed by atoms with Gasteiger partial charge in [0.2, 0.25) is 0 Å². The molecule has 0 radical (unpaired) electrons. The van der Waals surface area contributed by atoms with Gasteiger partial charge in [0.1, 0.15) is 11.6 Å². The quantitative estimate of drug-likeness (QED) is 0.747. The maximum atomic E-state index is 13.3. The van der Waals surface area contributed by atoms with Crippen molar-refractivity contribution in [3.05, 3.63) is 68.8 Å². The van der Waals surface area contributed by atoms with Gasteiger partial charge >= 0.3 is 0 Å². The molecule has 0 saturated carbocycles. The van der Waals surface area contributed by atoms with Crippen LogP contribution in [0.25, 0.3) is 0 Å². The van der Waals surface area contributed by atoms with Gasteiger partial charge < -0.3 is 5.32 Å². The Bertz CT molecular complexity index is 566. The molecule has 0 aromatic heterocycles. The van der Waals surface area contributed by atoms with E-state index in [9.17, 15) is 8.78 Å². The molecule has 2 rings (SSSR count). The monoisotopic (exact) mass is 387 g/mol. The highest BCUT2D eigenvalue weighted by molar-refractivity contribution is 14.1. The molecule has 0 fully saturated rings. The summed E-state index contributed by atoms with van der Waals surface area (Å²) in [7, 11) is 0. The van der Waals surface area contributed by atoms with E-state index in [1.54, 1.807) is 0 Å². The average molecular weight is 387 g/mol. The molecule has 0 aliphatic carbocycles. The highest BCUT2D eigenvalue weighted by atomic mass is 127. The molecule has 1 atom stereocenters. The highest BCUT2D eigenvalue weighted by Crippen LogP contribution is 2.21. The maximum Gasteiger partial charge on any atom is 0.126 e. The second kappa shape index (κ2) is 7.13. The predicted octanol–water partition coefficient (Wildman–Crippen LogP) is 4.46. The minimum Gasteiger partial charge on any atom is -0.310 e. The van der Waals surface area contributed by atoms with E-state index in [-0.39, 0.29) is 6.04 Å². The van der Waals surface area contributed by atoms with E-state index in [0.29, 0.717) is 12.0 Å². The third-order valence-electron chi connectivity index (χ3n) is 3.06. The largest absolute Gasteiger partial charge is 0.310 e. The first-order chi connectivity index (χ1) is 9.58. The molecular formula is C16H16F2IN. The first-order valence-corrected chi connectivity index (χ1v) is 7.60. The summed E-state index contributed by atoms with van der Waals surface area (Å²) in [4.78, 5) is 0. The van der Waals surface area contributed by atoms with Crippen LogP contribution in [0.15, 0.2) is 42.5 Å². The Balaban J connectivity index is 2.25. The van der Waals surface area contributed by atoms with E-state index in [4.69, 9.17) is 0 Å². The smallest absolute Gasteiger partial charge is 0.126 e. The Hall–Kier alpha value is -1.01. The minimum atomic E-state index is -0.530. The Morgan fingerprint density at radius 2 is 1.80 bits per heavy atom. The van der Waals surface area contributed by atoms with Crippen LogP contribution in [0.4, 0.5) is 8.78 Å². The third kappa shape index (κ3) is 4.24. The second-order valence-electron chi connectivity index (χ2n) is 4.65. The van der Waals surface area contributed by atoms with Crippen molar-refractivity contribution in [1.29, 1.82) is 0 Å². The number of halogens is 3. The van der Waals surface area contributed by atoms with Gasteiger partial charge in [-0.05, 0) is 70.9 Å². The van der Waals surface area contributed by atoms with Crippen LogP contribution >= 0.6 is 22.6 Å². The molecule has 0 heterocycles. The number of likely N-dealkylation sites (N-methyl/N-ethyl adjacent to an activating group) is 1. The fourth-order valence-electron chi connectivity index (χ4n) is 2.24. The van der Waals surface area contributed by atoms with Crippen molar-refractivity contribution < 1.29 is 8.78 Å². The summed E-state index contributed by atoms with van der Waals surface area (Å²) < 4.78 is 27.7. The summed E-state index contributed by atoms with van der Waals surface area (Å²) in [6.07, 6.45) is 0.558. The normalized spacial score (nSPS) is 12.4. The van der Waals surface area contributed by atoms with Gasteiger partial charge in [0.05, 0.1) is 0 Å². The zero-order chi connectivity index (χ0) is 14.5. The topological polar surface area (TPSA) is 12.0 Å². The fourth-order valence-corrected chi connectivity index (χ4v) is 2.81. The maximum absolute atomic E-state index is 13.3. The molecular weight excluding hydrogens is 371 g/mol. The molecule has 4 heteroatoms. The molecule has 20 heavy (non-hydrogen) atoms. The summed E-state index contributed by atoms with van der Waals surface area (Å²) in [6, 6.07) is 11.9. The molecule has 2 aromatic carbocycles. The lowest BCUT2D eigenvalue weighted by Crippen LogP contribution is -2.23. The molecule has 2 aromatic rings. The van der Waals surface area contributed by atoms with E-state index in [1.165, 1.54) is 12.1 Å². The van der Waals surface area contributed by atoms with Crippen molar-refractivity contribution in [2.45, 2.75) is 19.4 Å². The fraction of sp³-hybridized carbons (Fsp3) is 0.250. The first-order valence-electron chi connectivity index (χ1n) is 6.52. The number of rotatable bonds is 5. The lowest BCUT2D eigenvalue weighted by Gasteiger charge is -2.19. The zero-order valence-corrected chi connectivity index (χ0v) is 13.3. The van der Waals surface area contributed by atoms with Gasteiger partial charge in [-0.25, -0.2) is 8.78 Å². The number of hydrogen-bond acceptors (Lipinski definition) is 1. The average Bonchev–Trinajstić information content (AvgIpc) is 2.37. The predicted molar refractivity (Wildman–Crippen MR) is 85.6 cm³/mol. The zero-order valence-electron chi connectivity index (χ0n) is 11.2. The van der Waals surface area contributed by atoms with E-state index in [1.807, 2.05) is 25.1 Å². The van der Waals surface area contributed by atoms with E-state index in [0.717, 1.165) is 21.7 Å². The summed E-state index contributed by atoms with van der Waals surface area (Å²) in [5, 5.41) is 3.37. The van der Waals surface area contributed by atoms with Gasteiger partial charge in [0.25, 0.3) is 0 Å². The van der Waals surface area contributed by atoms with Crippen LogP contribution in [-0.4, -0.2) is 6.54 Å². The van der Waals surface area contributed by atoms with Gasteiger partial charge in [-0.15, -0.1) is 0 Å². The molecule has 0 amide bonds. The van der Waals surface area contributed by atoms with Crippen molar-refractivity contribution in [3.8, 4) is 0 Å². The van der Waals surface area contributed by atoms with Crippen LogP contribution in [-0.2, 0) is 6.42 Å². The van der Waals surface area contributed by atoms with Crippen LogP contribution < -0.4 is 5.32 Å². The van der Waals surface area contributed by atoms with Crippen molar-refractivity contribution in [2.75, 3.05) is 6.54 Å². The van der Waals surface area contributed by atoms with Gasteiger partial charge in [0.15, 0.2) is 0 Å². The van der Waals surface area contributed by atoms with Crippen LogP contribution in [0.3, 0.4) is 0 Å². The molecule has 0 saturated heterocycles. The van der Waals surface area contributed by atoms with Gasteiger partial charge in [0, 0.05) is 15.7 Å². The van der Waals surface area contributed by atoms with E-state index in [2.05, 4.69) is 34.0 Å². The van der Waals surface area contributed by atoms with Crippen molar-refractivity contribution in [2.24, 2.45) is 0 Å². The SMILES string of the molecule is CCNC(Cc1cc(F)cc(F)c1)c1cccc(I)c1. The Kier molecular flexibility index (Phi) is 5.48. The lowest BCUT2D eigenvalue weighted by atomic mass is 9.98. The minimum absolute atomic E-state index is 0.0518. The van der Waals surface area contributed by atoms with Crippen LogP contribution in [0.2, 0.25) is 0 Å². The number of hydrogen-bond donors (Lipinski definition) is 1. The van der Waals surface area contributed by atoms with E-state index >= 15 is 0 Å². The highest BCUT2D eigenvalue weighted by Gasteiger charge is 2.12. The van der Waals surface area contributed by atoms with Crippen molar-refractivity contribution >= 4 is 22.6 Å². The Labute approximate surface area is 131 Å². The summed E-state index contributed by atoms with van der Waals surface area (Å²) in [5.74, 6) is -1.06. The lowest BCUT2D eigenvalue weighted by molar-refractivity contribution is 0.539. The summed E-state index contributed by atoms with van der Waals surface area (Å²) in [5.41, 5.74) is 1.79. The van der Waals surface area contributed by atoms with Crippen LogP contribution in [0, 0.1) is 15.2 Å². The van der Waals surface area contributed by atoms with E-state index < -0.39 is 11.6 Å². The van der Waals surface area contributed by atoms with Gasteiger partial charge in [-0.2, -0.15) is 0 Å². The number of benzene rings is 2. The van der Waals surface area contributed by atoms with Crippen molar-refractivity contribution in [3.63, 3.8) is 0 Å². The molecule has 106 valence electrons. The Morgan fingerprint density at radius 3 is 2.40 bits per heavy atom. The summed E-state index contributed by atoms with van der Waals surface area (Å²) in [6.45, 7) is 2.82.